The van der Waals surface area contributed by atoms with Gasteiger partial charge in [-0.15, -0.1) is 0 Å². The van der Waals surface area contributed by atoms with Crippen LogP contribution in [0.3, 0.4) is 0 Å². The van der Waals surface area contributed by atoms with Gasteiger partial charge in [-0.1, -0.05) is 34.1 Å². The maximum absolute atomic E-state index is 12.3. The van der Waals surface area contributed by atoms with Gasteiger partial charge in [0.05, 0.1) is 51.3 Å². The van der Waals surface area contributed by atoms with Gasteiger partial charge in [0.1, 0.15) is 23.9 Å². The van der Waals surface area contributed by atoms with Crippen LogP contribution in [0.4, 0.5) is 17.5 Å². The topological polar surface area (TPSA) is 347 Å². The van der Waals surface area contributed by atoms with Crippen LogP contribution in [0.1, 0.15) is 71.2 Å². The van der Waals surface area contributed by atoms with E-state index in [1.165, 1.54) is 18.0 Å². The van der Waals surface area contributed by atoms with Gasteiger partial charge >= 0.3 is 179 Å². The van der Waals surface area contributed by atoms with Crippen molar-refractivity contribution < 1.29 is 251 Å². The first-order valence-electron chi connectivity index (χ1n) is 23.3. The Kier molecular flexibility index (Phi) is 51.4. The van der Waals surface area contributed by atoms with Crippen molar-refractivity contribution in [2.75, 3.05) is 76.5 Å². The standard InChI is InChI=1S/C15H16ClN3O3.C15H16ClN3O2.C10H11BrO2.C5H6ClN3O.C4H6O4.C2H4O2.CH2O3.B.2Cs.Na.H/c1-9-4-5-10(21-3)6-11(9)12(20)8-22-13-7-18-15(16)19-14(13)17-2;1-9-4-5-10(20-3)6-11(9)12-8-21-13-7-17-15(16)18-14(13)19(12)2;1-7-3-4-8(13-2)5-9(7)10(12)6-11;1-7-4-3(10)2-8-5(6)9-4;1-3(5)7-8-4(2)6;1-2(3)4;2-1-4-3;;;;;/h4-7H,8H2,1-3H3,(H,17,18,19);4-7,12H,8H2,1-3H3;3-5H,6H2,1-2H3;2,10H,1H3,(H,7,8,9);1-2H3;1H3,(H,3,4);1,3H;;;;;/q;;;;;;;;3*+1;-1/p-2. The second-order valence-electron chi connectivity index (χ2n) is 15.7. The number of ether oxygens (including phenoxy) is 5. The van der Waals surface area contributed by atoms with Crippen molar-refractivity contribution in [3.05, 3.63) is 122 Å². The first-order chi connectivity index (χ1) is 38.8. The quantitative estimate of drug-likeness (QED) is 0.0200. The molecule has 449 valence electrons. The summed E-state index contributed by atoms with van der Waals surface area (Å²) in [4.78, 5) is 96.5. The SMILES string of the molecule is CC(=O)OOC(C)=O.CC(=O)[O-].CNc1nc(Cl)ncc1O.CNc1nc(Cl)ncc1OCC(=O)c1cc(OC)ccc1C.COc1ccc(C)c(C(=O)CBr)c1.COc1ccc(C)c(C2COc3cnc(Cl)nc3N2C)c1.O=CO[O-].[B].[Cs+].[Cs+].[H-].[Na+]. The second kappa shape index (κ2) is 49.6. The van der Waals surface area contributed by atoms with E-state index < -0.39 is 17.9 Å². The van der Waals surface area contributed by atoms with Crippen molar-refractivity contribution in [3.63, 3.8) is 0 Å². The molecule has 6 aromatic rings. The normalized spacial score (nSPS) is 10.6. The summed E-state index contributed by atoms with van der Waals surface area (Å²) in [6.45, 7) is 9.32. The second-order valence-corrected chi connectivity index (χ2v) is 17.3. The zero-order valence-electron chi connectivity index (χ0n) is 50.9. The number of carbonyl (C=O) groups excluding carboxylic acids is 6. The number of carboxylic acid groups (broad SMARTS) is 1. The number of fused-ring (bicyclic) bond motifs is 1. The molecule has 1 aliphatic rings. The van der Waals surface area contributed by atoms with E-state index in [4.69, 9.17) is 83.5 Å². The summed E-state index contributed by atoms with van der Waals surface area (Å²) in [6.07, 6.45) is 4.27. The number of aliphatic carboxylic acids is 1. The van der Waals surface area contributed by atoms with E-state index in [1.807, 2.05) is 57.3 Å². The molecule has 1 atom stereocenters. The number of aromatic hydroxyl groups is 1. The number of carbonyl (C=O) groups is 6. The summed E-state index contributed by atoms with van der Waals surface area (Å²) in [5, 5.41) is 32.6. The van der Waals surface area contributed by atoms with Crippen LogP contribution in [-0.4, -0.2) is 140 Å². The molecule has 0 aliphatic carbocycles. The van der Waals surface area contributed by atoms with Crippen molar-refractivity contribution in [1.82, 2.24) is 29.9 Å². The third-order valence-electron chi connectivity index (χ3n) is 9.98. The van der Waals surface area contributed by atoms with Gasteiger partial charge in [0.25, 0.3) is 6.47 Å². The predicted octanol–water partition coefficient (Wildman–Crippen LogP) is -2.81. The number of anilines is 3. The van der Waals surface area contributed by atoms with Gasteiger partial charge in [0.2, 0.25) is 21.6 Å². The Bertz CT molecular complexity index is 3080. The van der Waals surface area contributed by atoms with Crippen LogP contribution in [-0.2, 0) is 33.8 Å². The molecule has 1 aliphatic heterocycles. The van der Waals surface area contributed by atoms with Gasteiger partial charge in [0.15, 0.2) is 47.1 Å². The average Bonchev–Trinajstić information content (AvgIpc) is 1.83. The van der Waals surface area contributed by atoms with E-state index in [2.05, 4.69) is 83.0 Å². The molecule has 86 heavy (non-hydrogen) atoms. The molecule has 3 N–H and O–H groups in total. The number of ketones is 2. The first-order valence-corrected chi connectivity index (χ1v) is 25.5. The number of hydrogen-bond donors (Lipinski definition) is 3. The van der Waals surface area contributed by atoms with E-state index in [-0.39, 0.29) is 229 Å². The van der Waals surface area contributed by atoms with E-state index >= 15 is 0 Å². The van der Waals surface area contributed by atoms with Crippen molar-refractivity contribution in [2.45, 2.75) is 47.6 Å². The number of rotatable bonds is 13. The Hall–Kier alpha value is -3.20. The van der Waals surface area contributed by atoms with Crippen molar-refractivity contribution >= 4 is 113 Å². The molecule has 0 spiro atoms. The largest absolute Gasteiger partial charge is 1.00 e. The van der Waals surface area contributed by atoms with Crippen LogP contribution >= 0.6 is 50.7 Å². The molecule has 26 nitrogen and oxygen atoms in total. The molecular weight excluding hydrogens is 1510 g/mol. The molecule has 0 fully saturated rings. The van der Waals surface area contributed by atoms with Gasteiger partial charge < -0.3 is 65.8 Å². The summed E-state index contributed by atoms with van der Waals surface area (Å²) in [6, 6.07) is 16.9. The number of likely N-dealkylation sites (N-methyl/N-ethyl adjacent to an activating group) is 1. The molecule has 1 unspecified atom stereocenters. The number of methoxy groups -OCH3 is 3. The molecular formula is C52H60BBrCl3Cs2N9NaO17. The molecule has 3 aromatic heterocycles. The van der Waals surface area contributed by atoms with Crippen LogP contribution in [0.5, 0.6) is 34.5 Å². The van der Waals surface area contributed by atoms with Crippen LogP contribution < -0.4 is 217 Å². The maximum Gasteiger partial charge on any atom is 1.00 e. The third kappa shape index (κ3) is 34.1. The Morgan fingerprint density at radius 3 is 1.59 bits per heavy atom. The van der Waals surface area contributed by atoms with E-state index in [0.717, 1.165) is 54.5 Å². The molecule has 4 heterocycles. The molecule has 0 bridgehead atoms. The third-order valence-corrected chi connectivity index (χ3v) is 11.0. The summed E-state index contributed by atoms with van der Waals surface area (Å²) < 4.78 is 26.8. The van der Waals surface area contributed by atoms with Gasteiger partial charge in [-0.2, -0.15) is 15.0 Å². The number of alkyl halides is 1. The summed E-state index contributed by atoms with van der Waals surface area (Å²) in [5.74, 6) is 2.20. The van der Waals surface area contributed by atoms with E-state index in [1.54, 1.807) is 59.8 Å². The summed E-state index contributed by atoms with van der Waals surface area (Å²) >= 11 is 20.2. The molecule has 3 radical (unpaired) electrons. The minimum absolute atomic E-state index is 0. The number of aryl methyl sites for hydroxylation is 3. The number of halogens is 4. The van der Waals surface area contributed by atoms with Gasteiger partial charge in [-0.25, -0.2) is 34.3 Å². The minimum Gasteiger partial charge on any atom is -1.00 e. The van der Waals surface area contributed by atoms with E-state index in [9.17, 15) is 19.2 Å². The van der Waals surface area contributed by atoms with Gasteiger partial charge in [-0.3, -0.25) is 14.4 Å². The van der Waals surface area contributed by atoms with Crippen LogP contribution in [0, 0.1) is 20.8 Å². The Labute approximate surface area is 664 Å². The Morgan fingerprint density at radius 1 is 0.744 bits per heavy atom. The molecule has 0 amide bonds. The zero-order valence-corrected chi connectivity index (χ0v) is 68.3. The number of aromatic nitrogens is 6. The van der Waals surface area contributed by atoms with Crippen LogP contribution in [0.15, 0.2) is 73.2 Å². The number of carboxylic acids is 1. The fraction of sp³-hybridized carbons (Fsp3) is 0.308. The van der Waals surface area contributed by atoms with Gasteiger partial charge in [0, 0.05) is 60.5 Å². The zero-order chi connectivity index (χ0) is 62.1. The first kappa shape index (κ1) is 89.2. The predicted molar refractivity (Wildman–Crippen MR) is 308 cm³/mol. The Morgan fingerprint density at radius 2 is 1.16 bits per heavy atom. The number of benzene rings is 3. The minimum atomic E-state index is -1.08. The van der Waals surface area contributed by atoms with Crippen molar-refractivity contribution in [1.29, 1.82) is 0 Å². The van der Waals surface area contributed by atoms with Crippen molar-refractivity contribution in [2.24, 2.45) is 0 Å². The van der Waals surface area contributed by atoms with E-state index in [0.29, 0.717) is 52.2 Å². The molecule has 7 rings (SSSR count). The van der Waals surface area contributed by atoms with Crippen molar-refractivity contribution in [3.8, 4) is 34.5 Å². The smallest absolute Gasteiger partial charge is 1.00 e. The molecule has 0 saturated heterocycles. The van der Waals surface area contributed by atoms with Crippen LogP contribution in [0.25, 0.3) is 0 Å². The van der Waals surface area contributed by atoms with Gasteiger partial charge in [-0.05, 0) is 121 Å². The monoisotopic (exact) mass is 1570 g/mol. The molecule has 34 heteroatoms. The Balaban J connectivity index is -0.000000319. The molecule has 0 saturated carbocycles. The number of Topliss-reactive ketones (excluding diaryl/α,β-unsaturated/α-hetero) is 2. The van der Waals surface area contributed by atoms with Crippen LogP contribution in [0.2, 0.25) is 15.9 Å². The maximum atomic E-state index is 12.3. The summed E-state index contributed by atoms with van der Waals surface area (Å²) in [5.41, 5.74) is 5.44. The summed E-state index contributed by atoms with van der Waals surface area (Å²) in [7, 11) is 10.1. The number of nitrogens with one attached hydrogen (secondary N) is 2. The average molecular weight is 1570 g/mol. The number of nitrogens with zero attached hydrogens (tertiary/aromatic N) is 7. The number of hydrogen-bond acceptors (Lipinski definition) is 26. The molecule has 3 aromatic carbocycles. The fourth-order valence-corrected chi connectivity index (χ4v) is 6.86. The fourth-order valence-electron chi connectivity index (χ4n) is 6.17.